The summed E-state index contributed by atoms with van der Waals surface area (Å²) in [5.74, 6) is 0.360. The summed E-state index contributed by atoms with van der Waals surface area (Å²) in [7, 11) is 0. The van der Waals surface area contributed by atoms with E-state index >= 15 is 0 Å². The molecule has 0 saturated heterocycles. The number of nitrogens with zero attached hydrogens (tertiary/aromatic N) is 7. The Balaban J connectivity index is 1.30. The van der Waals surface area contributed by atoms with Crippen molar-refractivity contribution in [2.75, 3.05) is 23.4 Å². The Hall–Kier alpha value is -3.42. The quantitative estimate of drug-likeness (QED) is 0.486. The van der Waals surface area contributed by atoms with Crippen LogP contribution in [0.2, 0.25) is 0 Å². The fraction of sp³-hybridized carbons (Fsp3) is 0.450. The van der Waals surface area contributed by atoms with Crippen LogP contribution in [0.3, 0.4) is 0 Å². The summed E-state index contributed by atoms with van der Waals surface area (Å²) in [4.78, 5) is 9.91. The van der Waals surface area contributed by atoms with Gasteiger partial charge in [-0.05, 0) is 13.0 Å². The van der Waals surface area contributed by atoms with Gasteiger partial charge in [0.05, 0.1) is 61.3 Å². The maximum atomic E-state index is 13.1. The molecule has 0 amide bonds. The fourth-order valence-electron chi connectivity index (χ4n) is 3.48. The van der Waals surface area contributed by atoms with Crippen molar-refractivity contribution >= 4 is 11.6 Å². The zero-order valence-electron chi connectivity index (χ0n) is 18.0. The van der Waals surface area contributed by atoms with Gasteiger partial charge in [0.1, 0.15) is 5.56 Å². The second-order valence-electron chi connectivity index (χ2n) is 7.76. The van der Waals surface area contributed by atoms with Crippen molar-refractivity contribution in [3.05, 3.63) is 53.4 Å². The smallest absolute Gasteiger partial charge is 0.378 e. The Bertz CT molecular complexity index is 1110. The molecule has 1 aliphatic rings. The molecule has 0 aromatic carbocycles. The molecule has 0 radical (unpaired) electrons. The van der Waals surface area contributed by atoms with Crippen LogP contribution in [0.5, 0.6) is 0 Å². The average Bonchev–Trinajstić information content (AvgIpc) is 3.20. The predicted octanol–water partition coefficient (Wildman–Crippen LogP) is 3.46. The van der Waals surface area contributed by atoms with Gasteiger partial charge in [0.25, 0.3) is 6.43 Å². The van der Waals surface area contributed by atoms with Gasteiger partial charge in [-0.15, -0.1) is 0 Å². The minimum Gasteiger partial charge on any atom is -0.378 e. The summed E-state index contributed by atoms with van der Waals surface area (Å²) in [5.41, 5.74) is 0.257. The number of ether oxygens (including phenoxy) is 1. The fourth-order valence-corrected chi connectivity index (χ4v) is 3.48. The molecule has 1 atom stereocenters. The van der Waals surface area contributed by atoms with Crippen LogP contribution in [0.4, 0.5) is 33.6 Å². The minimum atomic E-state index is -4.54. The van der Waals surface area contributed by atoms with Crippen LogP contribution in [-0.2, 0) is 30.6 Å². The molecule has 3 aromatic heterocycles. The highest BCUT2D eigenvalue weighted by atomic mass is 19.4. The number of hydrogen-bond acceptors (Lipinski definition) is 8. The second kappa shape index (κ2) is 9.83. The molecule has 0 aliphatic carbocycles. The maximum Gasteiger partial charge on any atom is 0.420 e. The van der Waals surface area contributed by atoms with Gasteiger partial charge in [-0.25, -0.2) is 18.7 Å². The van der Waals surface area contributed by atoms with E-state index in [9.17, 15) is 22.0 Å². The molecule has 182 valence electrons. The number of alkyl halides is 5. The molecule has 1 N–H and O–H groups in total. The lowest BCUT2D eigenvalue weighted by atomic mass is 10.2. The van der Waals surface area contributed by atoms with Crippen LogP contribution in [0.1, 0.15) is 35.9 Å². The second-order valence-corrected chi connectivity index (χ2v) is 7.76. The maximum absolute atomic E-state index is 13.1. The molecule has 4 heterocycles. The van der Waals surface area contributed by atoms with E-state index in [0.717, 1.165) is 24.3 Å². The number of hydrogen-bond donors (Lipinski definition) is 1. The SMILES string of the molecule is C[C@@H](COCc1cc2n(n1)CCN(c1ncc(C(F)F)cn1)C2)Nc1cnncc1C(F)(F)F. The molecule has 0 saturated carbocycles. The lowest BCUT2D eigenvalue weighted by Gasteiger charge is -2.27. The molecule has 3 aromatic rings. The Kier molecular flexibility index (Phi) is 6.86. The van der Waals surface area contributed by atoms with Crippen molar-refractivity contribution in [2.45, 2.75) is 45.3 Å². The molecule has 1 aliphatic heterocycles. The van der Waals surface area contributed by atoms with Gasteiger partial charge in [0.15, 0.2) is 0 Å². The van der Waals surface area contributed by atoms with Crippen molar-refractivity contribution in [3.63, 3.8) is 0 Å². The predicted molar refractivity (Wildman–Crippen MR) is 110 cm³/mol. The topological polar surface area (TPSA) is 93.9 Å². The first-order valence-electron chi connectivity index (χ1n) is 10.3. The summed E-state index contributed by atoms with van der Waals surface area (Å²) in [5, 5.41) is 14.0. The Morgan fingerprint density at radius 1 is 1.09 bits per heavy atom. The van der Waals surface area contributed by atoms with Gasteiger partial charge >= 0.3 is 6.18 Å². The number of halogens is 5. The van der Waals surface area contributed by atoms with E-state index in [1.165, 1.54) is 0 Å². The van der Waals surface area contributed by atoms with Gasteiger partial charge in [-0.1, -0.05) is 0 Å². The van der Waals surface area contributed by atoms with Gasteiger partial charge in [-0.2, -0.15) is 28.5 Å². The summed E-state index contributed by atoms with van der Waals surface area (Å²) in [6, 6.07) is 1.43. The van der Waals surface area contributed by atoms with E-state index in [1.807, 2.05) is 15.6 Å². The van der Waals surface area contributed by atoms with Crippen molar-refractivity contribution in [1.29, 1.82) is 0 Å². The summed E-state index contributed by atoms with van der Waals surface area (Å²) >= 11 is 0. The average molecular weight is 484 g/mol. The van der Waals surface area contributed by atoms with Gasteiger partial charge < -0.3 is 15.0 Å². The van der Waals surface area contributed by atoms with Crippen LogP contribution in [0.15, 0.2) is 30.9 Å². The van der Waals surface area contributed by atoms with E-state index in [-0.39, 0.29) is 24.5 Å². The van der Waals surface area contributed by atoms with E-state index in [1.54, 1.807) is 6.92 Å². The molecule has 34 heavy (non-hydrogen) atoms. The molecule has 0 bridgehead atoms. The largest absolute Gasteiger partial charge is 0.420 e. The number of aromatic nitrogens is 6. The summed E-state index contributed by atoms with van der Waals surface area (Å²) in [6.07, 6.45) is -3.23. The highest BCUT2D eigenvalue weighted by molar-refractivity contribution is 5.50. The molecule has 0 fully saturated rings. The molecule has 14 heteroatoms. The standard InChI is InChI=1S/C20H21F5N8O/c1-12(30-17-8-29-28-7-16(17)20(23,24)25)10-34-11-14-4-15-9-32(2-3-33(15)31-14)19-26-5-13(6-27-19)18(21)22/h4-8,12,18H,2-3,9-11H2,1H3,(H,28,30)/t12-/m0/s1. The summed E-state index contributed by atoms with van der Waals surface area (Å²) in [6.45, 7) is 3.57. The summed E-state index contributed by atoms with van der Waals surface area (Å²) < 4.78 is 72.1. The van der Waals surface area contributed by atoms with E-state index in [0.29, 0.717) is 37.5 Å². The van der Waals surface area contributed by atoms with Crippen LogP contribution < -0.4 is 10.2 Å². The highest BCUT2D eigenvalue weighted by Crippen LogP contribution is 2.33. The van der Waals surface area contributed by atoms with E-state index in [4.69, 9.17) is 4.74 Å². The first-order chi connectivity index (χ1) is 16.2. The minimum absolute atomic E-state index is 0.137. The van der Waals surface area contributed by atoms with E-state index in [2.05, 4.69) is 30.6 Å². The van der Waals surface area contributed by atoms with Gasteiger partial charge in [0, 0.05) is 25.0 Å². The van der Waals surface area contributed by atoms with Crippen LogP contribution in [0, 0.1) is 0 Å². The third-order valence-corrected chi connectivity index (χ3v) is 5.10. The number of nitrogens with one attached hydrogen (secondary N) is 1. The van der Waals surface area contributed by atoms with Crippen molar-refractivity contribution in [2.24, 2.45) is 0 Å². The van der Waals surface area contributed by atoms with Crippen molar-refractivity contribution < 1.29 is 26.7 Å². The van der Waals surface area contributed by atoms with Crippen LogP contribution in [0.25, 0.3) is 0 Å². The molecular weight excluding hydrogens is 463 g/mol. The zero-order valence-corrected chi connectivity index (χ0v) is 18.0. The third kappa shape index (κ3) is 5.55. The Morgan fingerprint density at radius 3 is 2.53 bits per heavy atom. The molecule has 9 nitrogen and oxygen atoms in total. The number of rotatable bonds is 8. The van der Waals surface area contributed by atoms with Crippen LogP contribution in [-0.4, -0.2) is 49.1 Å². The molecule has 0 unspecified atom stereocenters. The lowest BCUT2D eigenvalue weighted by Crippen LogP contribution is -2.34. The number of fused-ring (bicyclic) bond motifs is 1. The Labute approximate surface area is 191 Å². The molecular formula is C20H21F5N8O. The molecule has 0 spiro atoms. The highest BCUT2D eigenvalue weighted by Gasteiger charge is 2.34. The van der Waals surface area contributed by atoms with Crippen molar-refractivity contribution in [1.82, 2.24) is 29.9 Å². The first-order valence-corrected chi connectivity index (χ1v) is 10.3. The van der Waals surface area contributed by atoms with Gasteiger partial charge in [-0.3, -0.25) is 4.68 Å². The Morgan fingerprint density at radius 2 is 1.82 bits per heavy atom. The zero-order chi connectivity index (χ0) is 24.3. The van der Waals surface area contributed by atoms with Gasteiger partial charge in [0.2, 0.25) is 5.95 Å². The van der Waals surface area contributed by atoms with Crippen LogP contribution >= 0.6 is 0 Å². The van der Waals surface area contributed by atoms with Crippen molar-refractivity contribution in [3.8, 4) is 0 Å². The monoisotopic (exact) mass is 484 g/mol. The number of anilines is 2. The lowest BCUT2D eigenvalue weighted by molar-refractivity contribution is -0.137. The van der Waals surface area contributed by atoms with E-state index < -0.39 is 24.2 Å². The third-order valence-electron chi connectivity index (χ3n) is 5.10. The first kappa shape index (κ1) is 23.7. The molecule has 4 rings (SSSR count). The normalized spacial score (nSPS) is 14.9.